The number of rotatable bonds is 2. The Morgan fingerprint density at radius 3 is 2.39 bits per heavy atom. The van der Waals surface area contributed by atoms with E-state index in [1.165, 1.54) is 0 Å². The van der Waals surface area contributed by atoms with E-state index in [9.17, 15) is 9.90 Å². The summed E-state index contributed by atoms with van der Waals surface area (Å²) in [6, 6.07) is 5.54. The monoisotopic (exact) mass is 312 g/mol. The van der Waals surface area contributed by atoms with E-state index in [4.69, 9.17) is 0 Å². The van der Waals surface area contributed by atoms with E-state index < -0.39 is 5.60 Å². The van der Waals surface area contributed by atoms with Crippen LogP contribution in [0.2, 0.25) is 0 Å². The van der Waals surface area contributed by atoms with Crippen LogP contribution in [0.5, 0.6) is 0 Å². The molecule has 2 aromatic heterocycles. The molecule has 2 aliphatic heterocycles. The van der Waals surface area contributed by atoms with Crippen LogP contribution in [-0.2, 0) is 12.6 Å². The number of aliphatic hydroxyl groups is 1. The minimum Gasteiger partial charge on any atom is -0.383 e. The molecule has 1 N–H and O–H groups in total. The van der Waals surface area contributed by atoms with Crippen LogP contribution in [0.1, 0.15) is 41.7 Å². The number of carbonyl (C=O) groups is 1. The average Bonchev–Trinajstić information content (AvgIpc) is 3.10. The van der Waals surface area contributed by atoms with Crippen molar-refractivity contribution in [3.8, 4) is 0 Å². The molecule has 2 fully saturated rings. The zero-order valence-corrected chi connectivity index (χ0v) is 13.1. The third-order valence-electron chi connectivity index (χ3n) is 5.23. The summed E-state index contributed by atoms with van der Waals surface area (Å²) in [5, 5.41) is 15.3. The van der Waals surface area contributed by atoms with Gasteiger partial charge in [0.1, 0.15) is 5.60 Å². The molecule has 120 valence electrons. The lowest BCUT2D eigenvalue weighted by molar-refractivity contribution is -0.0530. The van der Waals surface area contributed by atoms with Gasteiger partial charge in [-0.25, -0.2) is 0 Å². The van der Waals surface area contributed by atoms with Gasteiger partial charge in [-0.2, -0.15) is 5.10 Å². The van der Waals surface area contributed by atoms with Crippen LogP contribution in [0.25, 0.3) is 0 Å². The summed E-state index contributed by atoms with van der Waals surface area (Å²) in [5.74, 6) is 0.0481. The highest BCUT2D eigenvalue weighted by Gasteiger charge is 2.51. The Hall–Kier alpha value is -2.21. The molecule has 2 saturated heterocycles. The van der Waals surface area contributed by atoms with Crippen LogP contribution >= 0.6 is 0 Å². The largest absolute Gasteiger partial charge is 0.383 e. The van der Waals surface area contributed by atoms with Crippen molar-refractivity contribution in [2.24, 2.45) is 7.05 Å². The number of aromatic nitrogens is 3. The topological polar surface area (TPSA) is 71.2 Å². The second-order valence-corrected chi connectivity index (χ2v) is 6.61. The van der Waals surface area contributed by atoms with Crippen molar-refractivity contribution in [1.29, 1.82) is 0 Å². The molecular formula is C17H20N4O2. The van der Waals surface area contributed by atoms with E-state index in [2.05, 4.69) is 10.1 Å². The molecule has 0 aromatic carbocycles. The molecule has 0 aliphatic carbocycles. The summed E-state index contributed by atoms with van der Waals surface area (Å²) in [6.07, 6.45) is 8.03. The number of pyridine rings is 1. The lowest BCUT2D eigenvalue weighted by atomic mass is 9.83. The zero-order valence-electron chi connectivity index (χ0n) is 13.1. The van der Waals surface area contributed by atoms with Gasteiger partial charge < -0.3 is 10.0 Å². The molecule has 4 rings (SSSR count). The molecule has 2 unspecified atom stereocenters. The van der Waals surface area contributed by atoms with Gasteiger partial charge in [0.2, 0.25) is 0 Å². The van der Waals surface area contributed by atoms with Crippen molar-refractivity contribution in [3.63, 3.8) is 0 Å². The van der Waals surface area contributed by atoms with E-state index in [1.807, 2.05) is 18.0 Å². The Kier molecular flexibility index (Phi) is 3.23. The molecule has 23 heavy (non-hydrogen) atoms. The van der Waals surface area contributed by atoms with Crippen molar-refractivity contribution in [1.82, 2.24) is 19.7 Å². The Labute approximate surface area is 134 Å². The van der Waals surface area contributed by atoms with Crippen molar-refractivity contribution in [3.05, 3.63) is 48.0 Å². The number of fused-ring (bicyclic) bond motifs is 2. The Morgan fingerprint density at radius 1 is 1.17 bits per heavy atom. The van der Waals surface area contributed by atoms with Gasteiger partial charge in [0, 0.05) is 56.1 Å². The van der Waals surface area contributed by atoms with Crippen molar-refractivity contribution in [2.75, 3.05) is 0 Å². The third-order valence-corrected chi connectivity index (χ3v) is 5.23. The van der Waals surface area contributed by atoms with Crippen molar-refractivity contribution in [2.45, 2.75) is 43.4 Å². The summed E-state index contributed by atoms with van der Waals surface area (Å²) in [7, 11) is 1.85. The number of carbonyl (C=O) groups excluding carboxylic acids is 1. The second kappa shape index (κ2) is 5.16. The zero-order chi connectivity index (χ0) is 16.0. The molecular weight excluding hydrogens is 292 g/mol. The SMILES string of the molecule is Cn1nccc1C1(O)CC2CCC(C1)N2C(=O)c1ccncc1. The normalized spacial score (nSPS) is 29.7. The lowest BCUT2D eigenvalue weighted by Gasteiger charge is -2.43. The number of aryl methyl sites for hydroxylation is 1. The molecule has 6 nitrogen and oxygen atoms in total. The van der Waals surface area contributed by atoms with E-state index in [0.29, 0.717) is 18.4 Å². The van der Waals surface area contributed by atoms with Crippen LogP contribution in [0.3, 0.4) is 0 Å². The lowest BCUT2D eigenvalue weighted by Crippen LogP contribution is -2.52. The Bertz CT molecular complexity index is 713. The van der Waals surface area contributed by atoms with Gasteiger partial charge >= 0.3 is 0 Å². The first-order chi connectivity index (χ1) is 11.1. The van der Waals surface area contributed by atoms with Gasteiger partial charge in [0.25, 0.3) is 5.91 Å². The Morgan fingerprint density at radius 2 is 1.83 bits per heavy atom. The second-order valence-electron chi connectivity index (χ2n) is 6.61. The van der Waals surface area contributed by atoms with Crippen LogP contribution in [-0.4, -0.2) is 42.8 Å². The minimum absolute atomic E-state index is 0.0481. The maximum atomic E-state index is 12.8. The summed E-state index contributed by atoms with van der Waals surface area (Å²) in [6.45, 7) is 0. The molecule has 2 aliphatic rings. The summed E-state index contributed by atoms with van der Waals surface area (Å²) in [5.41, 5.74) is 0.611. The van der Waals surface area contributed by atoms with Crippen LogP contribution in [0.15, 0.2) is 36.8 Å². The first kappa shape index (κ1) is 14.4. The molecule has 2 bridgehead atoms. The highest BCUT2D eigenvalue weighted by molar-refractivity contribution is 5.94. The van der Waals surface area contributed by atoms with Gasteiger partial charge in [0.05, 0.1) is 5.69 Å². The maximum absolute atomic E-state index is 12.8. The highest BCUT2D eigenvalue weighted by atomic mass is 16.3. The predicted octanol–water partition coefficient (Wildman–Crippen LogP) is 1.47. The summed E-state index contributed by atoms with van der Waals surface area (Å²) < 4.78 is 1.74. The number of nitrogens with zero attached hydrogens (tertiary/aromatic N) is 4. The van der Waals surface area contributed by atoms with Crippen LogP contribution < -0.4 is 0 Å². The molecule has 1 amide bonds. The molecule has 0 saturated carbocycles. The fourth-order valence-corrected chi connectivity index (χ4v) is 4.24. The van der Waals surface area contributed by atoms with E-state index in [1.54, 1.807) is 35.4 Å². The van der Waals surface area contributed by atoms with Crippen LogP contribution in [0, 0.1) is 0 Å². The molecule has 0 spiro atoms. The van der Waals surface area contributed by atoms with Gasteiger partial charge in [-0.1, -0.05) is 0 Å². The van der Waals surface area contributed by atoms with Crippen molar-refractivity contribution >= 4 is 5.91 Å². The van der Waals surface area contributed by atoms with Crippen LogP contribution in [0.4, 0.5) is 0 Å². The quantitative estimate of drug-likeness (QED) is 0.911. The van der Waals surface area contributed by atoms with Gasteiger partial charge in [-0.05, 0) is 31.0 Å². The highest BCUT2D eigenvalue weighted by Crippen LogP contribution is 2.45. The molecule has 4 heterocycles. The molecule has 6 heteroatoms. The maximum Gasteiger partial charge on any atom is 0.254 e. The number of piperidine rings is 1. The third kappa shape index (κ3) is 2.25. The van der Waals surface area contributed by atoms with Crippen molar-refractivity contribution < 1.29 is 9.90 Å². The number of amides is 1. The van der Waals surface area contributed by atoms with E-state index in [-0.39, 0.29) is 18.0 Å². The van der Waals surface area contributed by atoms with Gasteiger partial charge in [-0.15, -0.1) is 0 Å². The fraction of sp³-hybridized carbons (Fsp3) is 0.471. The smallest absolute Gasteiger partial charge is 0.254 e. The Balaban J connectivity index is 1.62. The van der Waals surface area contributed by atoms with E-state index >= 15 is 0 Å². The number of hydrogen-bond acceptors (Lipinski definition) is 4. The minimum atomic E-state index is -0.897. The number of hydrogen-bond donors (Lipinski definition) is 1. The molecule has 2 aromatic rings. The van der Waals surface area contributed by atoms with Gasteiger partial charge in [0.15, 0.2) is 0 Å². The summed E-state index contributed by atoms with van der Waals surface area (Å²) >= 11 is 0. The first-order valence-corrected chi connectivity index (χ1v) is 8.02. The van der Waals surface area contributed by atoms with E-state index in [0.717, 1.165) is 18.5 Å². The molecule has 2 atom stereocenters. The average molecular weight is 312 g/mol. The first-order valence-electron chi connectivity index (χ1n) is 8.02. The summed E-state index contributed by atoms with van der Waals surface area (Å²) in [4.78, 5) is 18.8. The fourth-order valence-electron chi connectivity index (χ4n) is 4.24. The van der Waals surface area contributed by atoms with Gasteiger partial charge in [-0.3, -0.25) is 14.5 Å². The standard InChI is InChI=1S/C17H20N4O2/c1-20-15(6-9-19-20)17(23)10-13-2-3-14(11-17)21(13)16(22)12-4-7-18-8-5-12/h4-9,13-14,23H,2-3,10-11H2,1H3. The predicted molar refractivity (Wildman–Crippen MR) is 83.6 cm³/mol. The molecule has 0 radical (unpaired) electrons.